The van der Waals surface area contributed by atoms with Gasteiger partial charge in [0.2, 0.25) is 0 Å². The van der Waals surface area contributed by atoms with Crippen molar-refractivity contribution in [2.75, 3.05) is 11.1 Å². The van der Waals surface area contributed by atoms with Gasteiger partial charge in [0.15, 0.2) is 0 Å². The highest BCUT2D eigenvalue weighted by Crippen LogP contribution is 2.17. The van der Waals surface area contributed by atoms with E-state index < -0.39 is 0 Å². The van der Waals surface area contributed by atoms with Crippen LogP contribution >= 0.6 is 15.9 Å². The maximum atomic E-state index is 5.72. The Bertz CT molecular complexity index is 528. The molecular weight excluding hydrogens is 280 g/mol. The molecule has 0 bridgehead atoms. The largest absolute Gasteiger partial charge is 0.383 e. The molecule has 4 nitrogen and oxygen atoms in total. The third kappa shape index (κ3) is 2.94. The van der Waals surface area contributed by atoms with Gasteiger partial charge in [-0.2, -0.15) is 0 Å². The standard InChI is InChI=1S/C12H13BrN4/c1-8-11(14)16-7-17-12(8)15-6-9-3-2-4-10(13)5-9/h2-5,7H,6H2,1H3,(H3,14,15,16,17). The molecule has 0 amide bonds. The number of rotatable bonds is 3. The molecule has 17 heavy (non-hydrogen) atoms. The van der Waals surface area contributed by atoms with Gasteiger partial charge in [-0.3, -0.25) is 0 Å². The number of halogens is 1. The minimum Gasteiger partial charge on any atom is -0.383 e. The molecule has 3 N–H and O–H groups in total. The van der Waals surface area contributed by atoms with E-state index in [9.17, 15) is 0 Å². The molecule has 0 spiro atoms. The van der Waals surface area contributed by atoms with Gasteiger partial charge in [0.05, 0.1) is 0 Å². The topological polar surface area (TPSA) is 63.8 Å². The number of hydrogen-bond donors (Lipinski definition) is 2. The van der Waals surface area contributed by atoms with E-state index in [1.807, 2.05) is 19.1 Å². The van der Waals surface area contributed by atoms with E-state index in [-0.39, 0.29) is 0 Å². The van der Waals surface area contributed by atoms with E-state index in [2.05, 4.69) is 43.3 Å². The van der Waals surface area contributed by atoms with Crippen molar-refractivity contribution < 1.29 is 0 Å². The average molecular weight is 293 g/mol. The second-order valence-corrected chi connectivity index (χ2v) is 4.63. The number of nitrogens with zero attached hydrogens (tertiary/aromatic N) is 2. The smallest absolute Gasteiger partial charge is 0.134 e. The summed E-state index contributed by atoms with van der Waals surface area (Å²) in [7, 11) is 0. The van der Waals surface area contributed by atoms with Crippen LogP contribution in [0.15, 0.2) is 35.1 Å². The molecule has 0 saturated carbocycles. The van der Waals surface area contributed by atoms with Crippen LogP contribution in [0.25, 0.3) is 0 Å². The molecular formula is C12H13BrN4. The summed E-state index contributed by atoms with van der Waals surface area (Å²) in [6.07, 6.45) is 1.46. The van der Waals surface area contributed by atoms with Gasteiger partial charge < -0.3 is 11.1 Å². The number of aromatic nitrogens is 2. The van der Waals surface area contributed by atoms with Crippen LogP contribution in [-0.4, -0.2) is 9.97 Å². The summed E-state index contributed by atoms with van der Waals surface area (Å²) in [5.74, 6) is 1.29. The summed E-state index contributed by atoms with van der Waals surface area (Å²) in [6.45, 7) is 2.61. The maximum absolute atomic E-state index is 5.72. The molecule has 5 heteroatoms. The summed E-state index contributed by atoms with van der Waals surface area (Å²) < 4.78 is 1.07. The van der Waals surface area contributed by atoms with Crippen molar-refractivity contribution in [1.29, 1.82) is 0 Å². The summed E-state index contributed by atoms with van der Waals surface area (Å²) in [5.41, 5.74) is 7.77. The summed E-state index contributed by atoms with van der Waals surface area (Å²) in [6, 6.07) is 8.12. The van der Waals surface area contributed by atoms with Crippen LogP contribution < -0.4 is 11.1 Å². The highest BCUT2D eigenvalue weighted by atomic mass is 79.9. The fraction of sp³-hybridized carbons (Fsp3) is 0.167. The predicted molar refractivity (Wildman–Crippen MR) is 72.7 cm³/mol. The lowest BCUT2D eigenvalue weighted by molar-refractivity contribution is 1.06. The summed E-state index contributed by atoms with van der Waals surface area (Å²) >= 11 is 3.44. The molecule has 0 aliphatic rings. The molecule has 0 fully saturated rings. The number of benzene rings is 1. The molecule has 1 aromatic carbocycles. The average Bonchev–Trinajstić information content (AvgIpc) is 2.31. The Kier molecular flexibility index (Phi) is 3.58. The molecule has 0 radical (unpaired) electrons. The molecule has 2 aromatic rings. The Balaban J connectivity index is 2.10. The Morgan fingerprint density at radius 2 is 2.18 bits per heavy atom. The molecule has 0 unspecified atom stereocenters. The van der Waals surface area contributed by atoms with Gasteiger partial charge in [-0.1, -0.05) is 28.1 Å². The first kappa shape index (κ1) is 11.9. The van der Waals surface area contributed by atoms with Gasteiger partial charge in [-0.15, -0.1) is 0 Å². The number of nitrogen functional groups attached to an aromatic ring is 1. The molecule has 0 aliphatic heterocycles. The van der Waals surface area contributed by atoms with Gasteiger partial charge in [-0.05, 0) is 24.6 Å². The second kappa shape index (κ2) is 5.14. The molecule has 0 atom stereocenters. The lowest BCUT2D eigenvalue weighted by Crippen LogP contribution is -2.06. The van der Waals surface area contributed by atoms with Crippen molar-refractivity contribution in [3.8, 4) is 0 Å². The van der Waals surface area contributed by atoms with E-state index in [0.29, 0.717) is 12.4 Å². The van der Waals surface area contributed by atoms with E-state index in [4.69, 9.17) is 5.73 Å². The van der Waals surface area contributed by atoms with Crippen molar-refractivity contribution in [2.24, 2.45) is 0 Å². The highest BCUT2D eigenvalue weighted by molar-refractivity contribution is 9.10. The van der Waals surface area contributed by atoms with Crippen LogP contribution in [0.5, 0.6) is 0 Å². The van der Waals surface area contributed by atoms with Crippen LogP contribution in [0.4, 0.5) is 11.6 Å². The van der Waals surface area contributed by atoms with Crippen molar-refractivity contribution in [3.63, 3.8) is 0 Å². The molecule has 1 aromatic heterocycles. The SMILES string of the molecule is Cc1c(N)ncnc1NCc1cccc(Br)c1. The number of hydrogen-bond acceptors (Lipinski definition) is 4. The van der Waals surface area contributed by atoms with Crippen molar-refractivity contribution in [3.05, 3.63) is 46.2 Å². The predicted octanol–water partition coefficient (Wildman–Crippen LogP) is 2.74. The fourth-order valence-corrected chi connectivity index (χ4v) is 1.92. The molecule has 1 heterocycles. The second-order valence-electron chi connectivity index (χ2n) is 3.72. The van der Waals surface area contributed by atoms with Gasteiger partial charge in [0, 0.05) is 16.6 Å². The first-order valence-corrected chi connectivity index (χ1v) is 6.01. The normalized spacial score (nSPS) is 10.2. The van der Waals surface area contributed by atoms with Crippen LogP contribution in [0.2, 0.25) is 0 Å². The van der Waals surface area contributed by atoms with Gasteiger partial charge >= 0.3 is 0 Å². The number of anilines is 2. The zero-order chi connectivity index (χ0) is 12.3. The minimum absolute atomic E-state index is 0.511. The monoisotopic (exact) mass is 292 g/mol. The zero-order valence-electron chi connectivity index (χ0n) is 9.44. The molecule has 2 rings (SSSR count). The Labute approximate surface area is 108 Å². The fourth-order valence-electron chi connectivity index (χ4n) is 1.47. The zero-order valence-corrected chi connectivity index (χ0v) is 11.0. The lowest BCUT2D eigenvalue weighted by atomic mass is 10.2. The van der Waals surface area contributed by atoms with Crippen molar-refractivity contribution >= 4 is 27.6 Å². The van der Waals surface area contributed by atoms with Crippen LogP contribution in [-0.2, 0) is 6.54 Å². The van der Waals surface area contributed by atoms with Gasteiger partial charge in [-0.25, -0.2) is 9.97 Å². The van der Waals surface area contributed by atoms with Crippen molar-refractivity contribution in [2.45, 2.75) is 13.5 Å². The van der Waals surface area contributed by atoms with Gasteiger partial charge in [0.25, 0.3) is 0 Å². The van der Waals surface area contributed by atoms with Crippen LogP contribution in [0.3, 0.4) is 0 Å². The van der Waals surface area contributed by atoms with E-state index in [0.717, 1.165) is 15.9 Å². The van der Waals surface area contributed by atoms with E-state index in [1.54, 1.807) is 0 Å². The molecule has 88 valence electrons. The number of nitrogens with one attached hydrogen (secondary N) is 1. The maximum Gasteiger partial charge on any atom is 0.134 e. The molecule has 0 aliphatic carbocycles. The third-order valence-corrected chi connectivity index (χ3v) is 2.97. The number of nitrogens with two attached hydrogens (primary N) is 1. The minimum atomic E-state index is 0.511. The lowest BCUT2D eigenvalue weighted by Gasteiger charge is -2.09. The quantitative estimate of drug-likeness (QED) is 0.913. The van der Waals surface area contributed by atoms with E-state index >= 15 is 0 Å². The third-order valence-electron chi connectivity index (χ3n) is 2.47. The van der Waals surface area contributed by atoms with Crippen LogP contribution in [0, 0.1) is 6.92 Å². The van der Waals surface area contributed by atoms with Gasteiger partial charge in [0.1, 0.15) is 18.0 Å². The van der Waals surface area contributed by atoms with Crippen LogP contribution in [0.1, 0.15) is 11.1 Å². The Hall–Kier alpha value is -1.62. The van der Waals surface area contributed by atoms with Crippen molar-refractivity contribution in [1.82, 2.24) is 9.97 Å². The highest BCUT2D eigenvalue weighted by Gasteiger charge is 2.03. The van der Waals surface area contributed by atoms with E-state index in [1.165, 1.54) is 11.9 Å². The summed E-state index contributed by atoms with van der Waals surface area (Å²) in [5, 5.41) is 3.25. The Morgan fingerprint density at radius 1 is 1.35 bits per heavy atom. The Morgan fingerprint density at radius 3 is 2.94 bits per heavy atom. The first-order chi connectivity index (χ1) is 8.16. The molecule has 0 saturated heterocycles. The first-order valence-electron chi connectivity index (χ1n) is 5.22. The summed E-state index contributed by atoms with van der Waals surface area (Å²) in [4.78, 5) is 8.09.